The van der Waals surface area contributed by atoms with E-state index in [-0.39, 0.29) is 5.92 Å². The summed E-state index contributed by atoms with van der Waals surface area (Å²) in [6.45, 7) is 3.06. The molecule has 0 radical (unpaired) electrons. The molecule has 1 aromatic rings. The first-order valence-corrected chi connectivity index (χ1v) is 6.07. The predicted molar refractivity (Wildman–Crippen MR) is 66.5 cm³/mol. The van der Waals surface area contributed by atoms with Gasteiger partial charge < -0.3 is 14.6 Å². The SMILES string of the molecule is COc1ccc(Cl)cc1C(C)(O)C1CCOC1. The molecule has 2 unspecified atom stereocenters. The molecule has 1 fully saturated rings. The lowest BCUT2D eigenvalue weighted by molar-refractivity contribution is -0.0115. The molecule has 0 saturated carbocycles. The van der Waals surface area contributed by atoms with Crippen LogP contribution in [0.5, 0.6) is 5.75 Å². The topological polar surface area (TPSA) is 38.7 Å². The Bertz CT molecular complexity index is 398. The first-order chi connectivity index (χ1) is 8.05. The van der Waals surface area contributed by atoms with Gasteiger partial charge in [0, 0.05) is 23.1 Å². The first kappa shape index (κ1) is 12.7. The molecule has 1 aliphatic heterocycles. The first-order valence-electron chi connectivity index (χ1n) is 5.70. The number of halogens is 1. The molecule has 94 valence electrons. The zero-order valence-electron chi connectivity index (χ0n) is 10.1. The largest absolute Gasteiger partial charge is 0.496 e. The van der Waals surface area contributed by atoms with Crippen LogP contribution in [0, 0.1) is 5.92 Å². The lowest BCUT2D eigenvalue weighted by Gasteiger charge is -2.31. The molecule has 1 N–H and O–H groups in total. The van der Waals surface area contributed by atoms with Crippen molar-refractivity contribution in [1.29, 1.82) is 0 Å². The average Bonchev–Trinajstić information content (AvgIpc) is 2.83. The van der Waals surface area contributed by atoms with Gasteiger partial charge in [-0.1, -0.05) is 11.6 Å². The molecule has 4 heteroatoms. The fourth-order valence-electron chi connectivity index (χ4n) is 2.27. The summed E-state index contributed by atoms with van der Waals surface area (Å²) in [4.78, 5) is 0. The predicted octanol–water partition coefficient (Wildman–Crippen LogP) is 2.59. The number of methoxy groups -OCH3 is 1. The van der Waals surface area contributed by atoms with Crippen LogP contribution < -0.4 is 4.74 Å². The molecular formula is C13H17ClO3. The van der Waals surface area contributed by atoms with Crippen molar-refractivity contribution in [3.63, 3.8) is 0 Å². The monoisotopic (exact) mass is 256 g/mol. The van der Waals surface area contributed by atoms with Gasteiger partial charge in [0.25, 0.3) is 0 Å². The minimum atomic E-state index is -0.979. The molecule has 1 aromatic carbocycles. The van der Waals surface area contributed by atoms with E-state index in [0.717, 1.165) is 12.0 Å². The fourth-order valence-corrected chi connectivity index (χ4v) is 2.45. The van der Waals surface area contributed by atoms with E-state index in [4.69, 9.17) is 21.1 Å². The summed E-state index contributed by atoms with van der Waals surface area (Å²) in [6, 6.07) is 5.30. The summed E-state index contributed by atoms with van der Waals surface area (Å²) < 4.78 is 10.6. The van der Waals surface area contributed by atoms with Crippen molar-refractivity contribution in [2.24, 2.45) is 5.92 Å². The van der Waals surface area contributed by atoms with Crippen LogP contribution in [0.2, 0.25) is 5.02 Å². The Balaban J connectivity index is 2.39. The Labute approximate surface area is 106 Å². The van der Waals surface area contributed by atoms with Gasteiger partial charge in [-0.25, -0.2) is 0 Å². The van der Waals surface area contributed by atoms with Gasteiger partial charge >= 0.3 is 0 Å². The highest BCUT2D eigenvalue weighted by atomic mass is 35.5. The summed E-state index contributed by atoms with van der Waals surface area (Å²) in [7, 11) is 1.59. The molecule has 1 saturated heterocycles. The van der Waals surface area contributed by atoms with Crippen molar-refractivity contribution in [2.45, 2.75) is 18.9 Å². The second-order valence-electron chi connectivity index (χ2n) is 4.55. The highest BCUT2D eigenvalue weighted by molar-refractivity contribution is 6.30. The maximum Gasteiger partial charge on any atom is 0.125 e. The Hall–Kier alpha value is -0.770. The van der Waals surface area contributed by atoms with Gasteiger partial charge in [0.15, 0.2) is 0 Å². The molecule has 0 spiro atoms. The molecule has 1 heterocycles. The number of aliphatic hydroxyl groups is 1. The Morgan fingerprint density at radius 2 is 2.29 bits per heavy atom. The molecule has 0 aliphatic carbocycles. The van der Waals surface area contributed by atoms with Crippen LogP contribution >= 0.6 is 11.6 Å². The van der Waals surface area contributed by atoms with E-state index >= 15 is 0 Å². The standard InChI is InChI=1S/C13H17ClO3/c1-13(15,9-5-6-17-8-9)11-7-10(14)3-4-12(11)16-2/h3-4,7,9,15H,5-6,8H2,1-2H3. The highest BCUT2D eigenvalue weighted by Gasteiger charge is 2.38. The zero-order valence-corrected chi connectivity index (χ0v) is 10.8. The van der Waals surface area contributed by atoms with Crippen molar-refractivity contribution < 1.29 is 14.6 Å². The fraction of sp³-hybridized carbons (Fsp3) is 0.538. The number of hydrogen-bond donors (Lipinski definition) is 1. The molecule has 2 atom stereocenters. The maximum atomic E-state index is 10.7. The number of benzene rings is 1. The van der Waals surface area contributed by atoms with E-state index in [2.05, 4.69) is 0 Å². The van der Waals surface area contributed by atoms with Crippen LogP contribution in [-0.4, -0.2) is 25.4 Å². The van der Waals surface area contributed by atoms with E-state index in [0.29, 0.717) is 24.0 Å². The molecule has 1 aliphatic rings. The summed E-state index contributed by atoms with van der Waals surface area (Å²) in [5.74, 6) is 0.737. The van der Waals surface area contributed by atoms with Crippen LogP contribution in [0.4, 0.5) is 0 Å². The molecule has 3 nitrogen and oxygen atoms in total. The van der Waals surface area contributed by atoms with Crippen LogP contribution in [0.15, 0.2) is 18.2 Å². The molecule has 0 amide bonds. The van der Waals surface area contributed by atoms with Gasteiger partial charge in [0.05, 0.1) is 19.3 Å². The number of rotatable bonds is 3. The lowest BCUT2D eigenvalue weighted by Crippen LogP contribution is -2.32. The second kappa shape index (κ2) is 4.84. The van der Waals surface area contributed by atoms with E-state index in [9.17, 15) is 5.11 Å². The van der Waals surface area contributed by atoms with Crippen molar-refractivity contribution in [2.75, 3.05) is 20.3 Å². The highest BCUT2D eigenvalue weighted by Crippen LogP contribution is 2.40. The Kier molecular flexibility index (Phi) is 3.61. The maximum absolute atomic E-state index is 10.7. The lowest BCUT2D eigenvalue weighted by atomic mass is 9.82. The quantitative estimate of drug-likeness (QED) is 0.904. The normalized spacial score (nSPS) is 23.4. The zero-order chi connectivity index (χ0) is 12.5. The van der Waals surface area contributed by atoms with Gasteiger partial charge in [0.2, 0.25) is 0 Å². The van der Waals surface area contributed by atoms with Crippen LogP contribution in [-0.2, 0) is 10.3 Å². The Morgan fingerprint density at radius 3 is 2.88 bits per heavy atom. The van der Waals surface area contributed by atoms with Crippen molar-refractivity contribution in [1.82, 2.24) is 0 Å². The van der Waals surface area contributed by atoms with E-state index in [1.54, 1.807) is 32.2 Å². The molecule has 2 rings (SSSR count). The van der Waals surface area contributed by atoms with Crippen molar-refractivity contribution in [3.05, 3.63) is 28.8 Å². The summed E-state index contributed by atoms with van der Waals surface area (Å²) in [5.41, 5.74) is -0.254. The third-order valence-corrected chi connectivity index (χ3v) is 3.67. The minimum absolute atomic E-state index is 0.0786. The molecule has 0 aromatic heterocycles. The van der Waals surface area contributed by atoms with Gasteiger partial charge in [0.1, 0.15) is 5.75 Å². The van der Waals surface area contributed by atoms with E-state index in [1.165, 1.54) is 0 Å². The molecule has 17 heavy (non-hydrogen) atoms. The molecular weight excluding hydrogens is 240 g/mol. The van der Waals surface area contributed by atoms with Gasteiger partial charge in [-0.3, -0.25) is 0 Å². The smallest absolute Gasteiger partial charge is 0.125 e. The van der Waals surface area contributed by atoms with Crippen LogP contribution in [0.1, 0.15) is 18.9 Å². The summed E-state index contributed by atoms with van der Waals surface area (Å²) >= 11 is 5.99. The Morgan fingerprint density at radius 1 is 1.53 bits per heavy atom. The van der Waals surface area contributed by atoms with Gasteiger partial charge in [-0.2, -0.15) is 0 Å². The summed E-state index contributed by atoms with van der Waals surface area (Å²) in [5, 5.41) is 11.3. The van der Waals surface area contributed by atoms with Crippen LogP contribution in [0.25, 0.3) is 0 Å². The minimum Gasteiger partial charge on any atom is -0.496 e. The third-order valence-electron chi connectivity index (χ3n) is 3.43. The van der Waals surface area contributed by atoms with Crippen LogP contribution in [0.3, 0.4) is 0 Å². The summed E-state index contributed by atoms with van der Waals surface area (Å²) in [6.07, 6.45) is 0.850. The second-order valence-corrected chi connectivity index (χ2v) is 4.99. The molecule has 0 bridgehead atoms. The third kappa shape index (κ3) is 2.41. The van der Waals surface area contributed by atoms with Crippen molar-refractivity contribution >= 4 is 11.6 Å². The van der Waals surface area contributed by atoms with Crippen molar-refractivity contribution in [3.8, 4) is 5.75 Å². The average molecular weight is 257 g/mol. The van der Waals surface area contributed by atoms with Gasteiger partial charge in [-0.15, -0.1) is 0 Å². The van der Waals surface area contributed by atoms with Gasteiger partial charge in [-0.05, 0) is 31.5 Å². The van der Waals surface area contributed by atoms with E-state index in [1.807, 2.05) is 0 Å². The number of ether oxygens (including phenoxy) is 2. The van der Waals surface area contributed by atoms with E-state index < -0.39 is 5.60 Å². The number of hydrogen-bond acceptors (Lipinski definition) is 3.